The molecule has 1 unspecified atom stereocenters. The van der Waals surface area contributed by atoms with Gasteiger partial charge in [-0.2, -0.15) is 0 Å². The molecule has 15 heavy (non-hydrogen) atoms. The second-order valence-electron chi connectivity index (χ2n) is 3.31. The third-order valence-electron chi connectivity index (χ3n) is 1.93. The molecular weight excluding hydrogens is 200 g/mol. The van der Waals surface area contributed by atoms with Gasteiger partial charge in [0.1, 0.15) is 0 Å². The number of ether oxygens (including phenoxy) is 1. The summed E-state index contributed by atoms with van der Waals surface area (Å²) < 4.78 is 4.83. The summed E-state index contributed by atoms with van der Waals surface area (Å²) in [5, 5.41) is 8.46. The zero-order valence-electron chi connectivity index (χ0n) is 9.10. The van der Waals surface area contributed by atoms with Crippen LogP contribution in [0.5, 0.6) is 0 Å². The predicted octanol–water partition coefficient (Wildman–Crippen LogP) is -0.717. The van der Waals surface area contributed by atoms with Gasteiger partial charge in [-0.3, -0.25) is 9.59 Å². The molecule has 0 aliphatic rings. The number of hydrogen-bond donors (Lipinski definition) is 2. The topological polar surface area (TPSA) is 92.9 Å². The SMILES string of the molecule is COCCCN(C)C(=O)C(N)CC(=O)O. The van der Waals surface area contributed by atoms with E-state index in [-0.39, 0.29) is 12.3 Å². The standard InChI is InChI=1S/C9H18N2O4/c1-11(4-3-5-15-2)9(14)7(10)6-8(12)13/h7H,3-6,10H2,1-2H3,(H,12,13). The molecule has 88 valence electrons. The molecule has 6 heteroatoms. The minimum Gasteiger partial charge on any atom is -0.481 e. The maximum Gasteiger partial charge on any atom is 0.305 e. The lowest BCUT2D eigenvalue weighted by molar-refractivity contribution is -0.141. The van der Waals surface area contributed by atoms with Crippen molar-refractivity contribution < 1.29 is 19.4 Å². The van der Waals surface area contributed by atoms with Crippen molar-refractivity contribution in [2.45, 2.75) is 18.9 Å². The van der Waals surface area contributed by atoms with Gasteiger partial charge in [0.15, 0.2) is 0 Å². The van der Waals surface area contributed by atoms with Crippen molar-refractivity contribution in [2.24, 2.45) is 5.73 Å². The Balaban J connectivity index is 3.90. The van der Waals surface area contributed by atoms with E-state index in [2.05, 4.69) is 0 Å². The molecule has 0 saturated carbocycles. The van der Waals surface area contributed by atoms with Crippen LogP contribution in [0.3, 0.4) is 0 Å². The summed E-state index contributed by atoms with van der Waals surface area (Å²) in [6.07, 6.45) is 0.367. The average molecular weight is 218 g/mol. The number of carbonyl (C=O) groups is 2. The number of carboxylic acid groups (broad SMARTS) is 1. The summed E-state index contributed by atoms with van der Waals surface area (Å²) in [6, 6.07) is -0.963. The fourth-order valence-electron chi connectivity index (χ4n) is 1.11. The van der Waals surface area contributed by atoms with Crippen LogP contribution in [0, 0.1) is 0 Å². The zero-order valence-corrected chi connectivity index (χ0v) is 9.10. The van der Waals surface area contributed by atoms with E-state index in [0.29, 0.717) is 19.6 Å². The summed E-state index contributed by atoms with van der Waals surface area (Å²) in [4.78, 5) is 23.2. The van der Waals surface area contributed by atoms with Crippen molar-refractivity contribution in [1.29, 1.82) is 0 Å². The number of likely N-dealkylation sites (N-methyl/N-ethyl adjacent to an activating group) is 1. The number of carboxylic acids is 1. The van der Waals surface area contributed by atoms with Crippen molar-refractivity contribution in [2.75, 3.05) is 27.3 Å². The third-order valence-corrected chi connectivity index (χ3v) is 1.93. The molecule has 0 heterocycles. The lowest BCUT2D eigenvalue weighted by atomic mass is 10.2. The molecule has 0 saturated heterocycles. The van der Waals surface area contributed by atoms with Gasteiger partial charge in [0, 0.05) is 27.3 Å². The first-order valence-corrected chi connectivity index (χ1v) is 4.70. The second-order valence-corrected chi connectivity index (χ2v) is 3.31. The van der Waals surface area contributed by atoms with E-state index < -0.39 is 12.0 Å². The first-order valence-electron chi connectivity index (χ1n) is 4.70. The molecule has 0 fully saturated rings. The van der Waals surface area contributed by atoms with Crippen LogP contribution in [0.2, 0.25) is 0 Å². The Morgan fingerprint density at radius 3 is 2.60 bits per heavy atom. The Hall–Kier alpha value is -1.14. The molecule has 6 nitrogen and oxygen atoms in total. The van der Waals surface area contributed by atoms with Gasteiger partial charge in [0.2, 0.25) is 5.91 Å². The van der Waals surface area contributed by atoms with Crippen LogP contribution in [0.1, 0.15) is 12.8 Å². The number of methoxy groups -OCH3 is 1. The largest absolute Gasteiger partial charge is 0.481 e. The van der Waals surface area contributed by atoms with Crippen molar-refractivity contribution in [3.63, 3.8) is 0 Å². The van der Waals surface area contributed by atoms with Crippen LogP contribution in [0.4, 0.5) is 0 Å². The van der Waals surface area contributed by atoms with Crippen molar-refractivity contribution >= 4 is 11.9 Å². The number of aliphatic carboxylic acids is 1. The van der Waals surface area contributed by atoms with Gasteiger partial charge in [-0.25, -0.2) is 0 Å². The number of rotatable bonds is 7. The van der Waals surface area contributed by atoms with Crippen LogP contribution in [0.15, 0.2) is 0 Å². The van der Waals surface area contributed by atoms with Gasteiger partial charge >= 0.3 is 5.97 Å². The van der Waals surface area contributed by atoms with E-state index in [0.717, 1.165) is 0 Å². The smallest absolute Gasteiger partial charge is 0.305 e. The van der Waals surface area contributed by atoms with Crippen molar-refractivity contribution in [3.8, 4) is 0 Å². The Morgan fingerprint density at radius 1 is 1.53 bits per heavy atom. The normalized spacial score (nSPS) is 12.2. The van der Waals surface area contributed by atoms with E-state index in [1.165, 1.54) is 4.90 Å². The molecule has 0 bridgehead atoms. The first kappa shape index (κ1) is 13.9. The molecule has 0 aliphatic carbocycles. The van der Waals surface area contributed by atoms with E-state index in [9.17, 15) is 9.59 Å². The van der Waals surface area contributed by atoms with Gasteiger partial charge < -0.3 is 20.5 Å². The number of hydrogen-bond acceptors (Lipinski definition) is 4. The first-order chi connectivity index (χ1) is 6.99. The molecule has 0 rings (SSSR count). The highest BCUT2D eigenvalue weighted by molar-refractivity contribution is 5.85. The maximum atomic E-state index is 11.5. The van der Waals surface area contributed by atoms with Crippen molar-refractivity contribution in [3.05, 3.63) is 0 Å². The highest BCUT2D eigenvalue weighted by atomic mass is 16.5. The molecule has 0 aromatic heterocycles. The summed E-state index contributed by atoms with van der Waals surface area (Å²) in [7, 11) is 3.18. The molecule has 3 N–H and O–H groups in total. The fourth-order valence-corrected chi connectivity index (χ4v) is 1.11. The van der Waals surface area contributed by atoms with Gasteiger partial charge in [0.05, 0.1) is 12.5 Å². The molecule has 0 radical (unpaired) electrons. The highest BCUT2D eigenvalue weighted by Crippen LogP contribution is 1.96. The maximum absolute atomic E-state index is 11.5. The lowest BCUT2D eigenvalue weighted by Crippen LogP contribution is -2.43. The van der Waals surface area contributed by atoms with Crippen LogP contribution in [0.25, 0.3) is 0 Å². The predicted molar refractivity (Wildman–Crippen MR) is 54.4 cm³/mol. The minimum atomic E-state index is -1.07. The Morgan fingerprint density at radius 2 is 2.13 bits per heavy atom. The minimum absolute atomic E-state index is 0.340. The molecule has 0 aromatic carbocycles. The van der Waals surface area contributed by atoms with Crippen LogP contribution in [-0.4, -0.2) is 55.2 Å². The molecule has 1 atom stereocenters. The van der Waals surface area contributed by atoms with Gasteiger partial charge in [-0.15, -0.1) is 0 Å². The number of nitrogens with zero attached hydrogens (tertiary/aromatic N) is 1. The van der Waals surface area contributed by atoms with E-state index in [1.54, 1.807) is 14.2 Å². The van der Waals surface area contributed by atoms with Gasteiger partial charge in [0.25, 0.3) is 0 Å². The molecule has 0 spiro atoms. The summed E-state index contributed by atoms with van der Waals surface area (Å²) in [5.41, 5.74) is 5.42. The van der Waals surface area contributed by atoms with Gasteiger partial charge in [-0.05, 0) is 6.42 Å². The molecule has 0 aromatic rings. The second kappa shape index (κ2) is 7.19. The Labute approximate surface area is 89.0 Å². The quantitative estimate of drug-likeness (QED) is 0.550. The van der Waals surface area contributed by atoms with E-state index in [1.807, 2.05) is 0 Å². The Kier molecular flexibility index (Phi) is 6.64. The van der Waals surface area contributed by atoms with Crippen LogP contribution < -0.4 is 5.73 Å². The number of nitrogens with two attached hydrogens (primary N) is 1. The van der Waals surface area contributed by atoms with Crippen molar-refractivity contribution in [1.82, 2.24) is 4.90 Å². The number of amides is 1. The highest BCUT2D eigenvalue weighted by Gasteiger charge is 2.20. The van der Waals surface area contributed by atoms with E-state index >= 15 is 0 Å². The fraction of sp³-hybridized carbons (Fsp3) is 0.778. The van der Waals surface area contributed by atoms with E-state index in [4.69, 9.17) is 15.6 Å². The lowest BCUT2D eigenvalue weighted by Gasteiger charge is -2.20. The van der Waals surface area contributed by atoms with Crippen LogP contribution >= 0.6 is 0 Å². The monoisotopic (exact) mass is 218 g/mol. The molecule has 0 aliphatic heterocycles. The van der Waals surface area contributed by atoms with Gasteiger partial charge in [-0.1, -0.05) is 0 Å². The summed E-state index contributed by atoms with van der Waals surface area (Å²) in [5.74, 6) is -1.42. The zero-order chi connectivity index (χ0) is 11.8. The molecule has 1 amide bonds. The Bertz CT molecular complexity index is 220. The summed E-state index contributed by atoms with van der Waals surface area (Å²) in [6.45, 7) is 1.08. The average Bonchev–Trinajstić information content (AvgIpc) is 2.15. The van der Waals surface area contributed by atoms with Crippen LogP contribution in [-0.2, 0) is 14.3 Å². The molecular formula is C9H18N2O4. The number of carbonyl (C=O) groups excluding carboxylic acids is 1. The third kappa shape index (κ3) is 6.03. The summed E-state index contributed by atoms with van der Waals surface area (Å²) >= 11 is 0.